The van der Waals surface area contributed by atoms with Crippen molar-refractivity contribution in [1.29, 1.82) is 0 Å². The predicted molar refractivity (Wildman–Crippen MR) is 90.4 cm³/mol. The van der Waals surface area contributed by atoms with Crippen LogP contribution < -0.4 is 0 Å². The molecule has 4 fully saturated rings. The summed E-state index contributed by atoms with van der Waals surface area (Å²) in [6, 6.07) is 0. The summed E-state index contributed by atoms with van der Waals surface area (Å²) in [5.74, 6) is -1.37. The lowest BCUT2D eigenvalue weighted by atomic mass is 9.39. The van der Waals surface area contributed by atoms with Crippen LogP contribution in [0, 0.1) is 34.0 Å². The maximum absolute atomic E-state index is 13.2. The van der Waals surface area contributed by atoms with Crippen LogP contribution in [-0.4, -0.2) is 45.7 Å². The molecule has 25 heavy (non-hydrogen) atoms. The Bertz CT molecular complexity index is 658. The first-order valence-corrected chi connectivity index (χ1v) is 9.38. The van der Waals surface area contributed by atoms with Gasteiger partial charge in [0, 0.05) is 11.3 Å². The Morgan fingerprint density at radius 3 is 2.44 bits per heavy atom. The molecule has 1 spiro atoms. The largest absolute Gasteiger partial charge is 0.392 e. The fourth-order valence-corrected chi connectivity index (χ4v) is 7.30. The molecule has 0 saturated heterocycles. The molecule has 4 aliphatic rings. The molecule has 0 radical (unpaired) electrons. The molecule has 5 nitrogen and oxygen atoms in total. The SMILES string of the molecule is C=C1C(=O)[C@@]23C(O)[C@@H]1[C@@H](O)C[C@@H]2[C@@]1(C)CCC[C@@](C)(C=O)[C@@H]1C[C@H]3O. The van der Waals surface area contributed by atoms with Crippen molar-refractivity contribution in [2.75, 3.05) is 0 Å². The Labute approximate surface area is 148 Å². The fraction of sp³-hybridized carbons (Fsp3) is 0.800. The van der Waals surface area contributed by atoms with E-state index >= 15 is 0 Å². The average molecular weight is 348 g/mol. The number of hydrogen-bond donors (Lipinski definition) is 3. The molecule has 4 saturated carbocycles. The molecule has 5 heteroatoms. The number of aliphatic hydroxyl groups is 3. The molecular formula is C20H28O5. The van der Waals surface area contributed by atoms with Gasteiger partial charge < -0.3 is 20.1 Å². The van der Waals surface area contributed by atoms with Gasteiger partial charge in [-0.2, -0.15) is 0 Å². The van der Waals surface area contributed by atoms with Gasteiger partial charge >= 0.3 is 0 Å². The number of aldehydes is 1. The van der Waals surface area contributed by atoms with E-state index in [1.807, 2.05) is 6.92 Å². The Balaban J connectivity index is 1.90. The summed E-state index contributed by atoms with van der Waals surface area (Å²) in [7, 11) is 0. The maximum Gasteiger partial charge on any atom is 0.170 e. The van der Waals surface area contributed by atoms with E-state index in [1.54, 1.807) is 0 Å². The van der Waals surface area contributed by atoms with Crippen molar-refractivity contribution in [3.63, 3.8) is 0 Å². The monoisotopic (exact) mass is 348 g/mol. The molecule has 9 atom stereocenters. The summed E-state index contributed by atoms with van der Waals surface area (Å²) in [4.78, 5) is 25.0. The number of rotatable bonds is 1. The molecule has 3 N–H and O–H groups in total. The molecule has 0 aromatic heterocycles. The Kier molecular flexibility index (Phi) is 3.49. The van der Waals surface area contributed by atoms with E-state index in [1.165, 1.54) is 0 Å². The summed E-state index contributed by atoms with van der Waals surface area (Å²) >= 11 is 0. The van der Waals surface area contributed by atoms with E-state index < -0.39 is 35.1 Å². The second kappa shape index (κ2) is 5.02. The third-order valence-corrected chi connectivity index (χ3v) is 8.48. The zero-order valence-electron chi connectivity index (χ0n) is 14.9. The lowest BCUT2D eigenvalue weighted by molar-refractivity contribution is -0.236. The van der Waals surface area contributed by atoms with Gasteiger partial charge in [0.2, 0.25) is 0 Å². The van der Waals surface area contributed by atoms with Gasteiger partial charge in [-0.3, -0.25) is 4.79 Å². The third-order valence-electron chi connectivity index (χ3n) is 8.48. The van der Waals surface area contributed by atoms with Gasteiger partial charge in [0.25, 0.3) is 0 Å². The van der Waals surface area contributed by atoms with Crippen molar-refractivity contribution in [2.45, 2.75) is 64.3 Å². The molecule has 0 aromatic carbocycles. The van der Waals surface area contributed by atoms with Gasteiger partial charge in [-0.05, 0) is 48.5 Å². The zero-order chi connectivity index (χ0) is 18.4. The highest BCUT2D eigenvalue weighted by atomic mass is 16.3. The lowest BCUT2D eigenvalue weighted by Crippen LogP contribution is -2.68. The molecule has 4 rings (SSSR count). The van der Waals surface area contributed by atoms with Crippen molar-refractivity contribution in [3.05, 3.63) is 12.2 Å². The lowest BCUT2D eigenvalue weighted by Gasteiger charge is -2.65. The molecule has 0 aromatic rings. The minimum atomic E-state index is -1.27. The number of carbonyl (C=O) groups excluding carboxylic acids is 2. The molecule has 0 amide bonds. The molecule has 1 unspecified atom stereocenters. The Morgan fingerprint density at radius 1 is 1.12 bits per heavy atom. The number of carbonyl (C=O) groups is 2. The van der Waals surface area contributed by atoms with Gasteiger partial charge in [0.1, 0.15) is 6.29 Å². The van der Waals surface area contributed by atoms with E-state index in [0.717, 1.165) is 25.5 Å². The summed E-state index contributed by atoms with van der Waals surface area (Å²) in [5, 5.41) is 32.7. The minimum absolute atomic E-state index is 0.0607. The van der Waals surface area contributed by atoms with Crippen LogP contribution in [0.3, 0.4) is 0 Å². The fourth-order valence-electron chi connectivity index (χ4n) is 7.30. The highest BCUT2D eigenvalue weighted by Crippen LogP contribution is 2.70. The van der Waals surface area contributed by atoms with E-state index in [9.17, 15) is 24.9 Å². The van der Waals surface area contributed by atoms with Crippen LogP contribution in [0.25, 0.3) is 0 Å². The molecule has 0 heterocycles. The molecular weight excluding hydrogens is 320 g/mol. The summed E-state index contributed by atoms with van der Waals surface area (Å²) < 4.78 is 0. The Hall–Kier alpha value is -1.04. The first-order chi connectivity index (χ1) is 11.6. The van der Waals surface area contributed by atoms with E-state index in [-0.39, 0.29) is 28.6 Å². The van der Waals surface area contributed by atoms with Gasteiger partial charge in [-0.1, -0.05) is 26.8 Å². The van der Waals surface area contributed by atoms with Gasteiger partial charge in [0.05, 0.1) is 23.7 Å². The third kappa shape index (κ3) is 1.75. The summed E-state index contributed by atoms with van der Waals surface area (Å²) in [6.45, 7) is 7.87. The highest BCUT2D eigenvalue weighted by molar-refractivity contribution is 6.04. The van der Waals surface area contributed by atoms with E-state index in [0.29, 0.717) is 12.8 Å². The van der Waals surface area contributed by atoms with Crippen LogP contribution in [0.4, 0.5) is 0 Å². The number of fused-ring (bicyclic) bond motifs is 3. The minimum Gasteiger partial charge on any atom is -0.392 e. The quantitative estimate of drug-likeness (QED) is 0.490. The number of Topliss-reactive ketones (excluding diaryl/α,β-unsaturated/α-hetero) is 1. The number of ketones is 1. The van der Waals surface area contributed by atoms with Gasteiger partial charge in [-0.15, -0.1) is 0 Å². The van der Waals surface area contributed by atoms with Crippen LogP contribution in [-0.2, 0) is 9.59 Å². The van der Waals surface area contributed by atoms with Crippen LogP contribution >= 0.6 is 0 Å². The van der Waals surface area contributed by atoms with Crippen LogP contribution in [0.15, 0.2) is 12.2 Å². The van der Waals surface area contributed by atoms with Gasteiger partial charge in [0.15, 0.2) is 5.78 Å². The normalized spacial score (nSPS) is 57.8. The standard InChI is InChI=1S/C20H28O5/c1-10-15-11(22)7-13-19(3)6-4-5-18(2,9-21)12(19)8-14(23)20(13,16(10)24)17(15)25/h9,11-15,17,22-23,25H,1,4-8H2,2-3H3/t11-,12-,13+,14+,15-,17?,18-,19-,20+/m0/s1. The molecule has 138 valence electrons. The van der Waals surface area contributed by atoms with E-state index in [4.69, 9.17) is 0 Å². The second-order valence-corrected chi connectivity index (χ2v) is 9.40. The highest BCUT2D eigenvalue weighted by Gasteiger charge is 2.75. The summed E-state index contributed by atoms with van der Waals surface area (Å²) in [5.41, 5.74) is -1.94. The predicted octanol–water partition coefficient (Wildman–Crippen LogP) is 1.25. The first-order valence-electron chi connectivity index (χ1n) is 9.38. The smallest absolute Gasteiger partial charge is 0.170 e. The van der Waals surface area contributed by atoms with Crippen LogP contribution in [0.2, 0.25) is 0 Å². The topological polar surface area (TPSA) is 94.8 Å². The molecule has 4 aliphatic carbocycles. The van der Waals surface area contributed by atoms with Crippen LogP contribution in [0.1, 0.15) is 46.0 Å². The maximum atomic E-state index is 13.2. The average Bonchev–Trinajstić information content (AvgIpc) is 2.69. The first kappa shape index (κ1) is 17.4. The Morgan fingerprint density at radius 2 is 1.80 bits per heavy atom. The number of hydrogen-bond acceptors (Lipinski definition) is 5. The molecule has 0 aliphatic heterocycles. The number of aliphatic hydroxyl groups excluding tert-OH is 3. The van der Waals surface area contributed by atoms with Crippen molar-refractivity contribution < 1.29 is 24.9 Å². The van der Waals surface area contributed by atoms with Crippen molar-refractivity contribution in [1.82, 2.24) is 0 Å². The van der Waals surface area contributed by atoms with E-state index in [2.05, 4.69) is 13.5 Å². The second-order valence-electron chi connectivity index (χ2n) is 9.40. The van der Waals surface area contributed by atoms with Crippen molar-refractivity contribution >= 4 is 12.1 Å². The zero-order valence-corrected chi connectivity index (χ0v) is 14.9. The molecule has 2 bridgehead atoms. The van der Waals surface area contributed by atoms with Crippen molar-refractivity contribution in [3.8, 4) is 0 Å². The summed E-state index contributed by atoms with van der Waals surface area (Å²) in [6.07, 6.45) is 1.25. The van der Waals surface area contributed by atoms with Crippen LogP contribution in [0.5, 0.6) is 0 Å². The van der Waals surface area contributed by atoms with Gasteiger partial charge in [-0.25, -0.2) is 0 Å². The van der Waals surface area contributed by atoms with Crippen molar-refractivity contribution in [2.24, 2.45) is 34.0 Å².